The van der Waals surface area contributed by atoms with E-state index in [-0.39, 0.29) is 29.5 Å². The van der Waals surface area contributed by atoms with Gasteiger partial charge in [0.05, 0.1) is 22.4 Å². The average molecular weight is 429 g/mol. The number of nitrogens with one attached hydrogen (secondary N) is 1. The highest BCUT2D eigenvalue weighted by atomic mass is 35.5. The summed E-state index contributed by atoms with van der Waals surface area (Å²) in [5.74, 6) is 0.440. The fraction of sp³-hybridized carbons (Fsp3) is 0.238. The number of aromatic nitrogens is 2. The van der Waals surface area contributed by atoms with E-state index in [0.717, 1.165) is 17.0 Å². The molecule has 8 nitrogen and oxygen atoms in total. The van der Waals surface area contributed by atoms with Gasteiger partial charge in [-0.2, -0.15) is 5.10 Å². The molecule has 2 aromatic carbocycles. The van der Waals surface area contributed by atoms with Gasteiger partial charge in [-0.3, -0.25) is 19.6 Å². The van der Waals surface area contributed by atoms with Crippen molar-refractivity contribution < 1.29 is 14.5 Å². The number of carbonyl (C=O) groups excluding carboxylic acids is 1. The Hall–Kier alpha value is -3.39. The maximum absolute atomic E-state index is 12.4. The largest absolute Gasteiger partial charge is 0.457 e. The summed E-state index contributed by atoms with van der Waals surface area (Å²) in [4.78, 5) is 23.1. The van der Waals surface area contributed by atoms with E-state index in [1.165, 1.54) is 18.2 Å². The van der Waals surface area contributed by atoms with E-state index in [0.29, 0.717) is 17.3 Å². The van der Waals surface area contributed by atoms with Crippen LogP contribution < -0.4 is 10.1 Å². The number of nitrogens with zero attached hydrogens (tertiary/aromatic N) is 3. The van der Waals surface area contributed by atoms with Gasteiger partial charge < -0.3 is 10.1 Å². The number of amides is 1. The molecule has 0 saturated carbocycles. The Morgan fingerprint density at radius 1 is 1.17 bits per heavy atom. The molecule has 0 fully saturated rings. The van der Waals surface area contributed by atoms with Crippen molar-refractivity contribution in [3.8, 4) is 11.5 Å². The predicted octanol–water partition coefficient (Wildman–Crippen LogP) is 5.19. The molecule has 0 aliphatic carbocycles. The van der Waals surface area contributed by atoms with Gasteiger partial charge in [-0.1, -0.05) is 11.6 Å². The minimum atomic E-state index is -0.536. The highest BCUT2D eigenvalue weighted by molar-refractivity contribution is 6.31. The van der Waals surface area contributed by atoms with Gasteiger partial charge in [0, 0.05) is 35.8 Å². The smallest absolute Gasteiger partial charge is 0.275 e. The second-order valence-corrected chi connectivity index (χ2v) is 7.34. The van der Waals surface area contributed by atoms with Crippen molar-refractivity contribution >= 4 is 28.9 Å². The number of halogens is 1. The van der Waals surface area contributed by atoms with Crippen LogP contribution >= 0.6 is 11.6 Å². The molecule has 3 aromatic rings. The van der Waals surface area contributed by atoms with E-state index < -0.39 is 4.92 Å². The number of anilines is 1. The van der Waals surface area contributed by atoms with E-state index >= 15 is 0 Å². The van der Waals surface area contributed by atoms with Crippen molar-refractivity contribution in [2.24, 2.45) is 0 Å². The van der Waals surface area contributed by atoms with E-state index in [2.05, 4.69) is 10.4 Å². The van der Waals surface area contributed by atoms with Crippen molar-refractivity contribution in [1.82, 2.24) is 9.78 Å². The second-order valence-electron chi connectivity index (χ2n) is 6.93. The molecule has 9 heteroatoms. The topological polar surface area (TPSA) is 99.3 Å². The zero-order chi connectivity index (χ0) is 21.8. The van der Waals surface area contributed by atoms with Crippen molar-refractivity contribution in [1.29, 1.82) is 0 Å². The third kappa shape index (κ3) is 5.36. The number of carbonyl (C=O) groups is 1. The molecule has 1 N–H and O–H groups in total. The highest BCUT2D eigenvalue weighted by Gasteiger charge is 2.14. The van der Waals surface area contributed by atoms with Gasteiger partial charge >= 0.3 is 0 Å². The zero-order valence-electron chi connectivity index (χ0n) is 16.8. The number of non-ortho nitro benzene ring substituents is 1. The van der Waals surface area contributed by atoms with Crippen LogP contribution in [0.3, 0.4) is 0 Å². The molecule has 30 heavy (non-hydrogen) atoms. The minimum Gasteiger partial charge on any atom is -0.457 e. The molecule has 0 radical (unpaired) electrons. The number of hydrogen-bond donors (Lipinski definition) is 1. The Kier molecular flexibility index (Phi) is 6.37. The van der Waals surface area contributed by atoms with Crippen LogP contribution in [-0.4, -0.2) is 20.6 Å². The van der Waals surface area contributed by atoms with Crippen molar-refractivity contribution in [2.75, 3.05) is 5.32 Å². The molecule has 0 atom stereocenters. The van der Waals surface area contributed by atoms with E-state index in [1.54, 1.807) is 22.9 Å². The fourth-order valence-electron chi connectivity index (χ4n) is 2.97. The molecule has 0 saturated heterocycles. The van der Waals surface area contributed by atoms with Crippen LogP contribution in [0.1, 0.15) is 23.4 Å². The van der Waals surface area contributed by atoms with Crippen molar-refractivity contribution in [3.63, 3.8) is 0 Å². The third-order valence-electron chi connectivity index (χ3n) is 4.40. The molecule has 3 rings (SSSR count). The summed E-state index contributed by atoms with van der Waals surface area (Å²) in [6, 6.07) is 11.1. The molecule has 0 spiro atoms. The quantitative estimate of drug-likeness (QED) is 0.412. The van der Waals surface area contributed by atoms with Crippen LogP contribution in [0.5, 0.6) is 11.5 Å². The molecule has 1 amide bonds. The highest BCUT2D eigenvalue weighted by Crippen LogP contribution is 2.31. The number of nitro benzene ring substituents is 1. The lowest BCUT2D eigenvalue weighted by Crippen LogP contribution is -2.15. The molecule has 0 unspecified atom stereocenters. The average Bonchev–Trinajstić information content (AvgIpc) is 3.00. The van der Waals surface area contributed by atoms with Crippen LogP contribution in [0, 0.1) is 30.9 Å². The standard InChI is InChI=1S/C21H21ClN4O4/c1-13-8-18(4-5-20(13)22)30-19-11-16(10-17(12-19)26(28)29)23-21(27)6-7-25-15(3)9-14(2)24-25/h4-5,8-12H,6-7H2,1-3H3,(H,23,27). The molecular formula is C21H21ClN4O4. The molecule has 156 valence electrons. The summed E-state index contributed by atoms with van der Waals surface area (Å²) in [6.45, 7) is 6.04. The first-order valence-electron chi connectivity index (χ1n) is 9.25. The second kappa shape index (κ2) is 8.96. The number of ether oxygens (including phenoxy) is 1. The molecule has 0 aliphatic rings. The summed E-state index contributed by atoms with van der Waals surface area (Å²) in [5.41, 5.74) is 2.75. The van der Waals surface area contributed by atoms with Crippen LogP contribution in [-0.2, 0) is 11.3 Å². The number of benzene rings is 2. The summed E-state index contributed by atoms with van der Waals surface area (Å²) < 4.78 is 7.50. The van der Waals surface area contributed by atoms with E-state index in [9.17, 15) is 14.9 Å². The van der Waals surface area contributed by atoms with Gasteiger partial charge in [0.25, 0.3) is 5.69 Å². The Morgan fingerprint density at radius 2 is 1.93 bits per heavy atom. The van der Waals surface area contributed by atoms with Crippen LogP contribution in [0.15, 0.2) is 42.5 Å². The van der Waals surface area contributed by atoms with Crippen LogP contribution in [0.4, 0.5) is 11.4 Å². The molecule has 1 heterocycles. The van der Waals surface area contributed by atoms with E-state index in [1.807, 2.05) is 26.8 Å². The number of aryl methyl sites for hydroxylation is 4. The lowest BCUT2D eigenvalue weighted by Gasteiger charge is -2.11. The minimum absolute atomic E-state index is 0.178. The summed E-state index contributed by atoms with van der Waals surface area (Å²) in [5, 5.41) is 18.9. The third-order valence-corrected chi connectivity index (χ3v) is 4.83. The first-order valence-corrected chi connectivity index (χ1v) is 9.63. The first kappa shape index (κ1) is 21.3. The van der Waals surface area contributed by atoms with Crippen LogP contribution in [0.25, 0.3) is 0 Å². The zero-order valence-corrected chi connectivity index (χ0v) is 17.6. The number of nitro groups is 1. The van der Waals surface area contributed by atoms with E-state index in [4.69, 9.17) is 16.3 Å². The maximum atomic E-state index is 12.4. The normalized spacial score (nSPS) is 10.7. The number of hydrogen-bond acceptors (Lipinski definition) is 5. The molecule has 0 bridgehead atoms. The van der Waals surface area contributed by atoms with Crippen molar-refractivity contribution in [2.45, 2.75) is 33.7 Å². The Balaban J connectivity index is 1.74. The molecular weight excluding hydrogens is 408 g/mol. The predicted molar refractivity (Wildman–Crippen MR) is 114 cm³/mol. The summed E-state index contributed by atoms with van der Waals surface area (Å²) in [7, 11) is 0. The molecule has 1 aromatic heterocycles. The Bertz CT molecular complexity index is 1110. The monoisotopic (exact) mass is 428 g/mol. The Morgan fingerprint density at radius 3 is 2.57 bits per heavy atom. The molecule has 0 aliphatic heterocycles. The van der Waals surface area contributed by atoms with Gasteiger partial charge in [-0.05, 0) is 50.6 Å². The van der Waals surface area contributed by atoms with Gasteiger partial charge in [0.1, 0.15) is 11.5 Å². The SMILES string of the molecule is Cc1cc(C)n(CCC(=O)Nc2cc(Oc3ccc(Cl)c(C)c3)cc([N+](=O)[O-])c2)n1. The summed E-state index contributed by atoms with van der Waals surface area (Å²) >= 11 is 6.02. The fourth-order valence-corrected chi connectivity index (χ4v) is 3.09. The van der Waals surface area contributed by atoms with Gasteiger partial charge in [-0.25, -0.2) is 0 Å². The van der Waals surface area contributed by atoms with Crippen LogP contribution in [0.2, 0.25) is 5.02 Å². The van der Waals surface area contributed by atoms with Crippen molar-refractivity contribution in [3.05, 3.63) is 74.6 Å². The summed E-state index contributed by atoms with van der Waals surface area (Å²) in [6.07, 6.45) is 0.178. The Labute approximate surface area is 178 Å². The first-order chi connectivity index (χ1) is 14.2. The van der Waals surface area contributed by atoms with Gasteiger partial charge in [0.15, 0.2) is 0 Å². The van der Waals surface area contributed by atoms with Gasteiger partial charge in [0.2, 0.25) is 5.91 Å². The lowest BCUT2D eigenvalue weighted by molar-refractivity contribution is -0.384. The maximum Gasteiger partial charge on any atom is 0.275 e. The van der Waals surface area contributed by atoms with Gasteiger partial charge in [-0.15, -0.1) is 0 Å². The number of rotatable bonds is 7. The lowest BCUT2D eigenvalue weighted by atomic mass is 10.2.